The second-order valence-corrected chi connectivity index (χ2v) is 3.91. The lowest BCUT2D eigenvalue weighted by atomic mass is 10.2. The smallest absolute Gasteiger partial charge is 0.131 e. The minimum atomic E-state index is 0.581. The Hall–Kier alpha value is -0.340. The summed E-state index contributed by atoms with van der Waals surface area (Å²) in [6.07, 6.45) is 6.97. The van der Waals surface area contributed by atoms with Crippen LogP contribution in [-0.4, -0.2) is 10.3 Å². The number of aryl methyl sites for hydroxylation is 1. The zero-order chi connectivity index (χ0) is 9.68. The number of hydrogen-bond acceptors (Lipinski definition) is 1. The Labute approximate surface area is 92.0 Å². The van der Waals surface area contributed by atoms with Gasteiger partial charge in [0.2, 0.25) is 0 Å². The van der Waals surface area contributed by atoms with Crippen molar-refractivity contribution >= 4 is 33.6 Å². The summed E-state index contributed by atoms with van der Waals surface area (Å²) in [6.45, 7) is 1.96. The molecule has 0 radical (unpaired) electrons. The third-order valence-electron chi connectivity index (χ3n) is 1.62. The molecule has 1 aromatic rings. The molecule has 0 aromatic carbocycles. The van der Waals surface area contributed by atoms with Gasteiger partial charge < -0.3 is 0 Å². The topological polar surface area (TPSA) is 12.9 Å². The van der Waals surface area contributed by atoms with Gasteiger partial charge in [-0.05, 0) is 30.5 Å². The van der Waals surface area contributed by atoms with Gasteiger partial charge in [0.05, 0.1) is 0 Å². The number of halogens is 2. The Morgan fingerprint density at radius 2 is 2.38 bits per heavy atom. The second-order valence-electron chi connectivity index (χ2n) is 2.76. The monoisotopic (exact) mass is 259 g/mol. The molecule has 1 rings (SSSR count). The molecule has 0 saturated carbocycles. The van der Waals surface area contributed by atoms with Gasteiger partial charge in [-0.1, -0.05) is 39.7 Å². The lowest BCUT2D eigenvalue weighted by Gasteiger charge is -1.97. The van der Waals surface area contributed by atoms with Gasteiger partial charge in [0.15, 0.2) is 0 Å². The maximum absolute atomic E-state index is 5.80. The number of allylic oxidation sites excluding steroid dienone is 1. The van der Waals surface area contributed by atoms with Gasteiger partial charge in [0.1, 0.15) is 5.15 Å². The SMILES string of the molecule is Cc1cc(C=CCCBr)cnc1Cl. The van der Waals surface area contributed by atoms with E-state index in [4.69, 9.17) is 11.6 Å². The molecular formula is C10H11BrClN. The predicted molar refractivity (Wildman–Crippen MR) is 61.4 cm³/mol. The van der Waals surface area contributed by atoms with E-state index in [1.807, 2.05) is 13.0 Å². The maximum Gasteiger partial charge on any atom is 0.131 e. The van der Waals surface area contributed by atoms with Crippen molar-refractivity contribution in [3.05, 3.63) is 34.6 Å². The maximum atomic E-state index is 5.80. The van der Waals surface area contributed by atoms with Crippen LogP contribution < -0.4 is 0 Å². The van der Waals surface area contributed by atoms with Gasteiger partial charge >= 0.3 is 0 Å². The summed E-state index contributed by atoms with van der Waals surface area (Å²) >= 11 is 9.16. The molecule has 0 aliphatic rings. The first-order valence-electron chi connectivity index (χ1n) is 4.08. The van der Waals surface area contributed by atoms with Crippen LogP contribution in [0.5, 0.6) is 0 Å². The molecule has 0 bridgehead atoms. The molecule has 1 nitrogen and oxygen atoms in total. The highest BCUT2D eigenvalue weighted by Crippen LogP contribution is 2.13. The van der Waals surface area contributed by atoms with Crippen molar-refractivity contribution in [2.24, 2.45) is 0 Å². The Balaban J connectivity index is 2.73. The van der Waals surface area contributed by atoms with Crippen molar-refractivity contribution in [3.63, 3.8) is 0 Å². The Bertz CT molecular complexity index is 310. The van der Waals surface area contributed by atoms with Crippen LogP contribution in [0.15, 0.2) is 18.3 Å². The predicted octanol–water partition coefficient (Wildman–Crippen LogP) is 3.84. The van der Waals surface area contributed by atoms with Crippen molar-refractivity contribution in [1.82, 2.24) is 4.98 Å². The molecule has 0 fully saturated rings. The molecule has 0 amide bonds. The average molecular weight is 261 g/mol. The van der Waals surface area contributed by atoms with Crippen LogP contribution in [0.25, 0.3) is 6.08 Å². The summed E-state index contributed by atoms with van der Waals surface area (Å²) in [6, 6.07) is 2.03. The summed E-state index contributed by atoms with van der Waals surface area (Å²) in [5, 5.41) is 1.57. The minimum absolute atomic E-state index is 0.581. The molecule has 0 unspecified atom stereocenters. The van der Waals surface area contributed by atoms with Gasteiger partial charge in [0.25, 0.3) is 0 Å². The highest BCUT2D eigenvalue weighted by molar-refractivity contribution is 9.09. The Morgan fingerprint density at radius 1 is 1.62 bits per heavy atom. The van der Waals surface area contributed by atoms with E-state index in [-0.39, 0.29) is 0 Å². The first kappa shape index (κ1) is 10.7. The number of pyridine rings is 1. The largest absolute Gasteiger partial charge is 0.244 e. The standard InChI is InChI=1S/C10H11BrClN/c1-8-6-9(4-2-3-5-11)7-13-10(8)12/h2,4,6-7H,3,5H2,1H3. The Kier molecular flexibility index (Phi) is 4.46. The third kappa shape index (κ3) is 3.49. The molecule has 0 saturated heterocycles. The van der Waals surface area contributed by atoms with E-state index in [9.17, 15) is 0 Å². The quantitative estimate of drug-likeness (QED) is 0.594. The Morgan fingerprint density at radius 3 is 3.00 bits per heavy atom. The van der Waals surface area contributed by atoms with Crippen molar-refractivity contribution in [2.45, 2.75) is 13.3 Å². The third-order valence-corrected chi connectivity index (χ3v) is 2.48. The van der Waals surface area contributed by atoms with Gasteiger partial charge in [-0.2, -0.15) is 0 Å². The number of hydrogen-bond donors (Lipinski definition) is 0. The van der Waals surface area contributed by atoms with Gasteiger partial charge in [-0.15, -0.1) is 0 Å². The fourth-order valence-corrected chi connectivity index (χ4v) is 1.32. The molecule has 1 heterocycles. The number of aromatic nitrogens is 1. The van der Waals surface area contributed by atoms with Crippen molar-refractivity contribution in [1.29, 1.82) is 0 Å². The van der Waals surface area contributed by atoms with Crippen LogP contribution in [0.3, 0.4) is 0 Å². The van der Waals surface area contributed by atoms with Gasteiger partial charge in [0, 0.05) is 11.5 Å². The highest BCUT2D eigenvalue weighted by atomic mass is 79.9. The molecule has 0 spiro atoms. The van der Waals surface area contributed by atoms with Crippen molar-refractivity contribution in [3.8, 4) is 0 Å². The lowest BCUT2D eigenvalue weighted by Crippen LogP contribution is -1.82. The van der Waals surface area contributed by atoms with E-state index in [0.717, 1.165) is 22.9 Å². The molecule has 70 valence electrons. The molecule has 0 N–H and O–H groups in total. The van der Waals surface area contributed by atoms with E-state index in [1.165, 1.54) is 0 Å². The zero-order valence-corrected chi connectivity index (χ0v) is 9.77. The number of nitrogens with zero attached hydrogens (tertiary/aromatic N) is 1. The van der Waals surface area contributed by atoms with Crippen LogP contribution in [-0.2, 0) is 0 Å². The van der Waals surface area contributed by atoms with Crippen LogP contribution in [0.1, 0.15) is 17.5 Å². The van der Waals surface area contributed by atoms with Crippen LogP contribution >= 0.6 is 27.5 Å². The molecule has 0 aliphatic carbocycles. The molecule has 1 aromatic heterocycles. The van der Waals surface area contributed by atoms with E-state index >= 15 is 0 Å². The van der Waals surface area contributed by atoms with Crippen molar-refractivity contribution < 1.29 is 0 Å². The normalized spacial score (nSPS) is 11.0. The highest BCUT2D eigenvalue weighted by Gasteiger charge is 1.95. The molecule has 13 heavy (non-hydrogen) atoms. The first-order valence-corrected chi connectivity index (χ1v) is 5.58. The summed E-state index contributed by atoms with van der Waals surface area (Å²) in [7, 11) is 0. The van der Waals surface area contributed by atoms with E-state index < -0.39 is 0 Å². The number of alkyl halides is 1. The fraction of sp³-hybridized carbons (Fsp3) is 0.300. The summed E-state index contributed by atoms with van der Waals surface area (Å²) in [5.74, 6) is 0. The molecule has 3 heteroatoms. The summed E-state index contributed by atoms with van der Waals surface area (Å²) < 4.78 is 0. The van der Waals surface area contributed by atoms with Crippen LogP contribution in [0, 0.1) is 6.92 Å². The molecule has 0 atom stereocenters. The van der Waals surface area contributed by atoms with E-state index in [2.05, 4.69) is 33.1 Å². The second kappa shape index (κ2) is 5.40. The van der Waals surface area contributed by atoms with E-state index in [0.29, 0.717) is 5.15 Å². The molecular weight excluding hydrogens is 249 g/mol. The van der Waals surface area contributed by atoms with Gasteiger partial charge in [-0.25, -0.2) is 4.98 Å². The first-order chi connectivity index (χ1) is 6.24. The average Bonchev–Trinajstić information content (AvgIpc) is 2.12. The molecule has 0 aliphatic heterocycles. The van der Waals surface area contributed by atoms with Crippen LogP contribution in [0.2, 0.25) is 5.15 Å². The number of rotatable bonds is 3. The van der Waals surface area contributed by atoms with E-state index in [1.54, 1.807) is 6.20 Å². The van der Waals surface area contributed by atoms with Crippen molar-refractivity contribution in [2.75, 3.05) is 5.33 Å². The summed E-state index contributed by atoms with van der Waals surface area (Å²) in [4.78, 5) is 4.06. The minimum Gasteiger partial charge on any atom is -0.244 e. The zero-order valence-electron chi connectivity index (χ0n) is 7.43. The summed E-state index contributed by atoms with van der Waals surface area (Å²) in [5.41, 5.74) is 2.12. The fourth-order valence-electron chi connectivity index (χ4n) is 0.953. The van der Waals surface area contributed by atoms with Gasteiger partial charge in [-0.3, -0.25) is 0 Å². The van der Waals surface area contributed by atoms with Crippen LogP contribution in [0.4, 0.5) is 0 Å². The lowest BCUT2D eigenvalue weighted by molar-refractivity contribution is 1.24.